The SMILES string of the molecule is Cc1ccc(C(=O)N2CC[C@@H](NC(=O)COc3ccccc3C)C2)cn1. The second-order valence-corrected chi connectivity index (χ2v) is 6.55. The Morgan fingerprint density at radius 2 is 2.04 bits per heavy atom. The lowest BCUT2D eigenvalue weighted by molar-refractivity contribution is -0.123. The topological polar surface area (TPSA) is 71.5 Å². The summed E-state index contributed by atoms with van der Waals surface area (Å²) in [6, 6.07) is 11.1. The summed E-state index contributed by atoms with van der Waals surface area (Å²) in [4.78, 5) is 30.5. The van der Waals surface area contributed by atoms with Gasteiger partial charge in [-0.15, -0.1) is 0 Å². The first kappa shape index (κ1) is 17.9. The zero-order valence-electron chi connectivity index (χ0n) is 15.1. The van der Waals surface area contributed by atoms with E-state index in [4.69, 9.17) is 4.74 Å². The quantitative estimate of drug-likeness (QED) is 0.894. The van der Waals surface area contributed by atoms with Gasteiger partial charge in [0.1, 0.15) is 5.75 Å². The number of rotatable bonds is 5. The van der Waals surface area contributed by atoms with Gasteiger partial charge in [0.2, 0.25) is 0 Å². The lowest BCUT2D eigenvalue weighted by Crippen LogP contribution is -2.40. The summed E-state index contributed by atoms with van der Waals surface area (Å²) < 4.78 is 5.56. The van der Waals surface area contributed by atoms with Crippen molar-refractivity contribution in [2.45, 2.75) is 26.3 Å². The third-order valence-corrected chi connectivity index (χ3v) is 4.45. The Hall–Kier alpha value is -2.89. The highest BCUT2D eigenvalue weighted by Crippen LogP contribution is 2.16. The van der Waals surface area contributed by atoms with E-state index >= 15 is 0 Å². The molecule has 26 heavy (non-hydrogen) atoms. The lowest BCUT2D eigenvalue weighted by atomic mass is 10.2. The maximum absolute atomic E-state index is 12.5. The normalized spacial score (nSPS) is 16.4. The number of amides is 2. The van der Waals surface area contributed by atoms with Crippen molar-refractivity contribution < 1.29 is 14.3 Å². The molecule has 1 aromatic carbocycles. The van der Waals surface area contributed by atoms with Gasteiger partial charge in [-0.25, -0.2) is 0 Å². The molecule has 0 unspecified atom stereocenters. The second kappa shape index (κ2) is 7.99. The minimum Gasteiger partial charge on any atom is -0.484 e. The van der Waals surface area contributed by atoms with E-state index < -0.39 is 0 Å². The number of likely N-dealkylation sites (tertiary alicyclic amines) is 1. The number of hydrogen-bond acceptors (Lipinski definition) is 4. The molecule has 0 radical (unpaired) electrons. The van der Waals surface area contributed by atoms with Gasteiger partial charge in [0, 0.05) is 31.0 Å². The monoisotopic (exact) mass is 353 g/mol. The van der Waals surface area contributed by atoms with Gasteiger partial charge in [-0.3, -0.25) is 14.6 Å². The summed E-state index contributed by atoms with van der Waals surface area (Å²) in [6.07, 6.45) is 2.33. The molecule has 0 aliphatic carbocycles. The molecule has 0 spiro atoms. The number of benzene rings is 1. The fourth-order valence-electron chi connectivity index (χ4n) is 2.97. The largest absolute Gasteiger partial charge is 0.484 e. The van der Waals surface area contributed by atoms with Crippen LogP contribution in [0.2, 0.25) is 0 Å². The number of carbonyl (C=O) groups excluding carboxylic acids is 2. The third-order valence-electron chi connectivity index (χ3n) is 4.45. The fourth-order valence-corrected chi connectivity index (χ4v) is 2.97. The molecule has 2 heterocycles. The molecule has 1 atom stereocenters. The van der Waals surface area contributed by atoms with Crippen LogP contribution in [0.5, 0.6) is 5.75 Å². The molecule has 1 aromatic heterocycles. The smallest absolute Gasteiger partial charge is 0.258 e. The van der Waals surface area contributed by atoms with Gasteiger partial charge in [-0.05, 0) is 44.0 Å². The van der Waals surface area contributed by atoms with Crippen molar-refractivity contribution in [2.75, 3.05) is 19.7 Å². The van der Waals surface area contributed by atoms with E-state index in [0.717, 1.165) is 17.7 Å². The Kier molecular flexibility index (Phi) is 5.51. The van der Waals surface area contributed by atoms with Gasteiger partial charge in [0.25, 0.3) is 11.8 Å². The van der Waals surface area contributed by atoms with Crippen molar-refractivity contribution in [3.8, 4) is 5.75 Å². The first-order valence-electron chi connectivity index (χ1n) is 8.72. The molecule has 0 saturated carbocycles. The average molecular weight is 353 g/mol. The Morgan fingerprint density at radius 1 is 1.23 bits per heavy atom. The van der Waals surface area contributed by atoms with Gasteiger partial charge in [-0.2, -0.15) is 0 Å². The van der Waals surface area contributed by atoms with E-state index in [2.05, 4.69) is 10.3 Å². The number of ether oxygens (including phenoxy) is 1. The number of nitrogens with zero attached hydrogens (tertiary/aromatic N) is 2. The predicted octanol–water partition coefficient (Wildman–Crippen LogP) is 2.11. The van der Waals surface area contributed by atoms with Gasteiger partial charge in [0.15, 0.2) is 6.61 Å². The summed E-state index contributed by atoms with van der Waals surface area (Å²) in [5.41, 5.74) is 2.44. The van der Waals surface area contributed by atoms with Crippen molar-refractivity contribution in [1.82, 2.24) is 15.2 Å². The first-order chi connectivity index (χ1) is 12.5. The summed E-state index contributed by atoms with van der Waals surface area (Å²) in [5, 5.41) is 2.94. The molecule has 1 aliphatic rings. The standard InChI is InChI=1S/C20H23N3O3/c1-14-5-3-4-6-18(14)26-13-19(24)22-17-9-10-23(12-17)20(25)16-8-7-15(2)21-11-16/h3-8,11,17H,9-10,12-13H2,1-2H3,(H,22,24)/t17-/m1/s1. The Labute approximate surface area is 153 Å². The number of para-hydroxylation sites is 1. The molecule has 6 heteroatoms. The van der Waals surface area contributed by atoms with E-state index in [1.807, 2.05) is 44.2 Å². The Morgan fingerprint density at radius 3 is 2.77 bits per heavy atom. The van der Waals surface area contributed by atoms with Crippen LogP contribution in [0, 0.1) is 13.8 Å². The minimum atomic E-state index is -0.176. The lowest BCUT2D eigenvalue weighted by Gasteiger charge is -2.17. The van der Waals surface area contributed by atoms with Gasteiger partial charge >= 0.3 is 0 Å². The van der Waals surface area contributed by atoms with Crippen molar-refractivity contribution >= 4 is 11.8 Å². The van der Waals surface area contributed by atoms with E-state index in [-0.39, 0.29) is 24.5 Å². The van der Waals surface area contributed by atoms with Crippen LogP contribution >= 0.6 is 0 Å². The van der Waals surface area contributed by atoms with Crippen LogP contribution in [0.25, 0.3) is 0 Å². The van der Waals surface area contributed by atoms with Crippen LogP contribution in [0.1, 0.15) is 28.0 Å². The molecule has 2 aromatic rings. The van der Waals surface area contributed by atoms with Crippen LogP contribution in [-0.4, -0.2) is 47.4 Å². The first-order valence-corrected chi connectivity index (χ1v) is 8.72. The van der Waals surface area contributed by atoms with Crippen LogP contribution in [0.4, 0.5) is 0 Å². The number of aromatic nitrogens is 1. The zero-order valence-corrected chi connectivity index (χ0v) is 15.1. The number of aryl methyl sites for hydroxylation is 2. The zero-order chi connectivity index (χ0) is 18.5. The van der Waals surface area contributed by atoms with Gasteiger partial charge in [-0.1, -0.05) is 18.2 Å². The van der Waals surface area contributed by atoms with Crippen molar-refractivity contribution in [3.05, 3.63) is 59.4 Å². The molecule has 3 rings (SSSR count). The number of hydrogen-bond donors (Lipinski definition) is 1. The van der Waals surface area contributed by atoms with Crippen LogP contribution in [0.15, 0.2) is 42.6 Å². The van der Waals surface area contributed by atoms with Crippen LogP contribution in [-0.2, 0) is 4.79 Å². The molecule has 2 amide bonds. The van der Waals surface area contributed by atoms with Crippen LogP contribution < -0.4 is 10.1 Å². The highest BCUT2D eigenvalue weighted by Gasteiger charge is 2.28. The molecule has 0 bridgehead atoms. The van der Waals surface area contributed by atoms with Crippen molar-refractivity contribution in [1.29, 1.82) is 0 Å². The number of carbonyl (C=O) groups is 2. The molecular formula is C20H23N3O3. The second-order valence-electron chi connectivity index (χ2n) is 6.55. The maximum atomic E-state index is 12.5. The number of pyridine rings is 1. The Balaban J connectivity index is 1.48. The van der Waals surface area contributed by atoms with E-state index in [9.17, 15) is 9.59 Å². The molecule has 1 N–H and O–H groups in total. The molecule has 1 aliphatic heterocycles. The molecule has 6 nitrogen and oxygen atoms in total. The van der Waals surface area contributed by atoms with E-state index in [1.165, 1.54) is 0 Å². The molecule has 1 saturated heterocycles. The predicted molar refractivity (Wildman–Crippen MR) is 98.1 cm³/mol. The maximum Gasteiger partial charge on any atom is 0.258 e. The van der Waals surface area contributed by atoms with E-state index in [0.29, 0.717) is 24.4 Å². The summed E-state index contributed by atoms with van der Waals surface area (Å²) >= 11 is 0. The summed E-state index contributed by atoms with van der Waals surface area (Å²) in [5.74, 6) is 0.479. The fraction of sp³-hybridized carbons (Fsp3) is 0.350. The minimum absolute atomic E-state index is 0.0306. The van der Waals surface area contributed by atoms with Crippen LogP contribution in [0.3, 0.4) is 0 Å². The Bertz CT molecular complexity index is 789. The number of nitrogens with one attached hydrogen (secondary N) is 1. The van der Waals surface area contributed by atoms with Crippen molar-refractivity contribution in [2.24, 2.45) is 0 Å². The molecular weight excluding hydrogens is 330 g/mol. The van der Waals surface area contributed by atoms with Gasteiger partial charge in [0.05, 0.1) is 5.56 Å². The van der Waals surface area contributed by atoms with Gasteiger partial charge < -0.3 is 15.0 Å². The summed E-state index contributed by atoms with van der Waals surface area (Å²) in [6.45, 7) is 4.92. The highest BCUT2D eigenvalue weighted by molar-refractivity contribution is 5.94. The molecule has 136 valence electrons. The third kappa shape index (κ3) is 4.39. The average Bonchev–Trinajstić information content (AvgIpc) is 3.09. The summed E-state index contributed by atoms with van der Waals surface area (Å²) in [7, 11) is 0. The highest BCUT2D eigenvalue weighted by atomic mass is 16.5. The van der Waals surface area contributed by atoms with Crippen molar-refractivity contribution in [3.63, 3.8) is 0 Å². The van der Waals surface area contributed by atoms with E-state index in [1.54, 1.807) is 17.2 Å². The molecule has 1 fully saturated rings.